The van der Waals surface area contributed by atoms with Crippen molar-refractivity contribution in [2.75, 3.05) is 0 Å². The van der Waals surface area contributed by atoms with Crippen LogP contribution in [0, 0.1) is 50.2 Å². The summed E-state index contributed by atoms with van der Waals surface area (Å²) in [6, 6.07) is 6.53. The van der Waals surface area contributed by atoms with E-state index in [9.17, 15) is 24.3 Å². The molecule has 242 valence electrons. The minimum Gasteiger partial charge on any atom is -0.393 e. The number of aliphatic hydroxyl groups is 1. The molecule has 4 fully saturated rings. The normalized spacial score (nSPS) is 45.0. The molecule has 7 rings (SSSR count). The molecule has 1 N–H and O–H groups in total. The Bertz CT molecular complexity index is 1530. The molecule has 5 aliphatic carbocycles. The lowest BCUT2D eigenvalue weighted by atomic mass is 9.33. The molecular formula is C38H49NO6. The van der Waals surface area contributed by atoms with Gasteiger partial charge in [0.2, 0.25) is 0 Å². The molecule has 0 radical (unpaired) electrons. The standard InChI is InChI=1S/C38H49NO6/c1-33(2)27-12-15-38(7)29(36(27,5)14-13-28(33)41)26(40)20-24-25-21-35(4,17-16-34(25,3)18-19-37(24,38)6)32(44)45-39-30(42)22-10-8-9-11-23(22)31(39)43/h8-11,20,25,27-29,41H,12-19,21H2,1-7H3/t25-,27-,28-,29+,34+,35-,36-,37+,38+/m0/s1. The second-order valence-electron chi connectivity index (χ2n) is 17.5. The van der Waals surface area contributed by atoms with Gasteiger partial charge in [0, 0.05) is 5.92 Å². The number of hydrogen-bond donors (Lipinski definition) is 1. The minimum atomic E-state index is -0.910. The summed E-state index contributed by atoms with van der Waals surface area (Å²) in [5.74, 6) is -1.38. The second-order valence-corrected chi connectivity index (χ2v) is 17.5. The highest BCUT2D eigenvalue weighted by molar-refractivity contribution is 6.20. The van der Waals surface area contributed by atoms with E-state index in [-0.39, 0.29) is 67.8 Å². The van der Waals surface area contributed by atoms with Gasteiger partial charge in [-0.3, -0.25) is 14.4 Å². The van der Waals surface area contributed by atoms with Crippen molar-refractivity contribution in [3.63, 3.8) is 0 Å². The van der Waals surface area contributed by atoms with Gasteiger partial charge >= 0.3 is 5.97 Å². The highest BCUT2D eigenvalue weighted by Crippen LogP contribution is 2.75. The Labute approximate surface area is 267 Å². The number of fused-ring (bicyclic) bond motifs is 8. The first-order chi connectivity index (χ1) is 20.9. The zero-order chi connectivity index (χ0) is 32.5. The van der Waals surface area contributed by atoms with Gasteiger partial charge in [0.15, 0.2) is 5.78 Å². The van der Waals surface area contributed by atoms with Crippen LogP contribution in [-0.4, -0.2) is 39.8 Å². The van der Waals surface area contributed by atoms with Crippen LogP contribution in [0.3, 0.4) is 0 Å². The third-order valence-corrected chi connectivity index (χ3v) is 15.0. The summed E-state index contributed by atoms with van der Waals surface area (Å²) in [6.07, 6.45) is 9.10. The average Bonchev–Trinajstić information content (AvgIpc) is 3.22. The fourth-order valence-corrected chi connectivity index (χ4v) is 11.8. The SMILES string of the molecule is CC1(C)[C@@H](O)CC[C@]2(C)[C@H]3C(=O)C=C4[C@@H]5C[C@@](C)(C(=O)ON6C(=O)c7ccccc7C6=O)CC[C@]5(C)CC[C@@]4(C)[C@]3(C)CC[C@@H]12. The molecule has 6 aliphatic rings. The predicted octanol–water partition coefficient (Wildman–Crippen LogP) is 7.08. The van der Waals surface area contributed by atoms with Gasteiger partial charge in [-0.2, -0.15) is 0 Å². The number of hydrogen-bond acceptors (Lipinski definition) is 6. The van der Waals surface area contributed by atoms with Gasteiger partial charge in [-0.1, -0.05) is 64.3 Å². The number of hydroxylamine groups is 2. The minimum absolute atomic E-state index is 0.0154. The number of carbonyl (C=O) groups is 4. The Hall–Kier alpha value is -2.80. The van der Waals surface area contributed by atoms with E-state index in [0.717, 1.165) is 44.9 Å². The smallest absolute Gasteiger partial charge is 0.339 e. The summed E-state index contributed by atoms with van der Waals surface area (Å²) >= 11 is 0. The summed E-state index contributed by atoms with van der Waals surface area (Å²) in [5.41, 5.74) is -0.139. The zero-order valence-corrected chi connectivity index (χ0v) is 28.0. The van der Waals surface area contributed by atoms with Gasteiger partial charge in [0.05, 0.1) is 22.6 Å². The van der Waals surface area contributed by atoms with Crippen LogP contribution >= 0.6 is 0 Å². The van der Waals surface area contributed by atoms with E-state index in [1.807, 2.05) is 13.0 Å². The first-order valence-corrected chi connectivity index (χ1v) is 17.1. The number of rotatable bonds is 2. The van der Waals surface area contributed by atoms with Crippen LogP contribution in [0.25, 0.3) is 0 Å². The first-order valence-electron chi connectivity index (χ1n) is 17.1. The summed E-state index contributed by atoms with van der Waals surface area (Å²) in [4.78, 5) is 60.1. The third-order valence-electron chi connectivity index (χ3n) is 15.0. The summed E-state index contributed by atoms with van der Waals surface area (Å²) in [6.45, 7) is 15.7. The van der Waals surface area contributed by atoms with Crippen molar-refractivity contribution in [1.29, 1.82) is 0 Å². The van der Waals surface area contributed by atoms with Crippen LogP contribution in [0.4, 0.5) is 0 Å². The quantitative estimate of drug-likeness (QED) is 0.357. The number of aliphatic hydroxyl groups excluding tert-OH is 1. The molecule has 0 aromatic heterocycles. The maximum absolute atomic E-state index is 14.6. The number of benzene rings is 1. The molecule has 1 aliphatic heterocycles. The van der Waals surface area contributed by atoms with Crippen molar-refractivity contribution in [1.82, 2.24) is 5.06 Å². The highest BCUT2D eigenvalue weighted by atomic mass is 16.7. The van der Waals surface area contributed by atoms with Gasteiger partial charge in [0.1, 0.15) is 0 Å². The maximum atomic E-state index is 14.6. The number of carbonyl (C=O) groups excluding carboxylic acids is 4. The monoisotopic (exact) mass is 615 g/mol. The Morgan fingerprint density at radius 1 is 0.844 bits per heavy atom. The Morgan fingerprint density at radius 3 is 2.11 bits per heavy atom. The molecule has 1 heterocycles. The lowest BCUT2D eigenvalue weighted by Crippen LogP contribution is -2.66. The van der Waals surface area contributed by atoms with E-state index in [1.165, 1.54) is 5.57 Å². The molecule has 7 nitrogen and oxygen atoms in total. The van der Waals surface area contributed by atoms with Crippen molar-refractivity contribution in [3.8, 4) is 0 Å². The zero-order valence-electron chi connectivity index (χ0n) is 28.0. The van der Waals surface area contributed by atoms with Crippen LogP contribution < -0.4 is 0 Å². The number of amides is 2. The van der Waals surface area contributed by atoms with E-state index in [0.29, 0.717) is 17.9 Å². The van der Waals surface area contributed by atoms with Gasteiger partial charge in [-0.25, -0.2) is 4.79 Å². The lowest BCUT2D eigenvalue weighted by Gasteiger charge is -2.70. The van der Waals surface area contributed by atoms with E-state index in [2.05, 4.69) is 41.5 Å². The molecule has 0 saturated heterocycles. The molecule has 45 heavy (non-hydrogen) atoms. The second kappa shape index (κ2) is 9.39. The molecule has 0 bridgehead atoms. The summed E-state index contributed by atoms with van der Waals surface area (Å²) in [5, 5.41) is 11.6. The summed E-state index contributed by atoms with van der Waals surface area (Å²) in [7, 11) is 0. The van der Waals surface area contributed by atoms with Crippen LogP contribution in [-0.2, 0) is 14.4 Å². The van der Waals surface area contributed by atoms with Crippen LogP contribution in [0.15, 0.2) is 35.9 Å². The van der Waals surface area contributed by atoms with Gasteiger partial charge in [-0.05, 0) is 122 Å². The molecule has 7 heteroatoms. The Kier molecular flexibility index (Phi) is 6.43. The van der Waals surface area contributed by atoms with Crippen molar-refractivity contribution < 1.29 is 29.1 Å². The molecule has 1 aromatic rings. The molecular weight excluding hydrogens is 566 g/mol. The van der Waals surface area contributed by atoms with Crippen LogP contribution in [0.5, 0.6) is 0 Å². The first kappa shape index (κ1) is 30.8. The molecule has 0 unspecified atom stereocenters. The maximum Gasteiger partial charge on any atom is 0.339 e. The van der Waals surface area contributed by atoms with Crippen molar-refractivity contribution in [2.45, 2.75) is 112 Å². The topological polar surface area (TPSA) is 101 Å². The molecule has 1 aromatic carbocycles. The fraction of sp³-hybridized carbons (Fsp3) is 0.684. The lowest BCUT2D eigenvalue weighted by molar-refractivity contribution is -0.203. The van der Waals surface area contributed by atoms with E-state index < -0.39 is 23.2 Å². The average molecular weight is 616 g/mol. The number of allylic oxidation sites excluding steroid dienone is 2. The highest BCUT2D eigenvalue weighted by Gasteiger charge is 2.70. The molecule has 9 atom stereocenters. The predicted molar refractivity (Wildman–Crippen MR) is 168 cm³/mol. The van der Waals surface area contributed by atoms with Gasteiger partial charge in [-0.15, -0.1) is 0 Å². The molecule has 4 saturated carbocycles. The number of imide groups is 1. The van der Waals surface area contributed by atoms with Crippen LogP contribution in [0.1, 0.15) is 127 Å². The number of ketones is 1. The Balaban J connectivity index is 1.21. The van der Waals surface area contributed by atoms with Crippen molar-refractivity contribution in [2.24, 2.45) is 50.2 Å². The summed E-state index contributed by atoms with van der Waals surface area (Å²) < 4.78 is 0. The van der Waals surface area contributed by atoms with E-state index in [4.69, 9.17) is 4.84 Å². The molecule has 2 amide bonds. The van der Waals surface area contributed by atoms with Crippen LogP contribution in [0.2, 0.25) is 0 Å². The number of nitrogens with zero attached hydrogens (tertiary/aromatic N) is 1. The Morgan fingerprint density at radius 2 is 1.47 bits per heavy atom. The van der Waals surface area contributed by atoms with Crippen molar-refractivity contribution in [3.05, 3.63) is 47.0 Å². The fourth-order valence-electron chi connectivity index (χ4n) is 11.8. The van der Waals surface area contributed by atoms with Gasteiger partial charge < -0.3 is 9.94 Å². The van der Waals surface area contributed by atoms with E-state index >= 15 is 0 Å². The van der Waals surface area contributed by atoms with Gasteiger partial charge in [0.25, 0.3) is 11.8 Å². The largest absolute Gasteiger partial charge is 0.393 e. The molecule has 0 spiro atoms. The third kappa shape index (κ3) is 3.85. The van der Waals surface area contributed by atoms with E-state index in [1.54, 1.807) is 24.3 Å². The van der Waals surface area contributed by atoms with Crippen molar-refractivity contribution >= 4 is 23.6 Å².